The van der Waals surface area contributed by atoms with Crippen LogP contribution < -0.4 is 10.6 Å². The van der Waals surface area contributed by atoms with E-state index in [1.165, 1.54) is 11.9 Å². The number of anilines is 1. The van der Waals surface area contributed by atoms with Crippen LogP contribution in [0.3, 0.4) is 0 Å². The second-order valence-corrected chi connectivity index (χ2v) is 4.75. The minimum absolute atomic E-state index is 0.164. The summed E-state index contributed by atoms with van der Waals surface area (Å²) in [6, 6.07) is 2.10. The van der Waals surface area contributed by atoms with Crippen LogP contribution in [0.1, 0.15) is 0 Å². The Labute approximate surface area is 91.8 Å². The molecule has 2 aliphatic carbocycles. The molecule has 1 aliphatic heterocycles. The monoisotopic (exact) mass is 220 g/mol. The van der Waals surface area contributed by atoms with Gasteiger partial charge in [-0.2, -0.15) is 0 Å². The van der Waals surface area contributed by atoms with Crippen LogP contribution in [-0.4, -0.2) is 28.1 Å². The first-order valence-corrected chi connectivity index (χ1v) is 5.35. The van der Waals surface area contributed by atoms with Crippen LogP contribution in [0, 0.1) is 5.92 Å². The number of hydrogen-bond acceptors (Lipinski definition) is 4. The third-order valence-electron chi connectivity index (χ3n) is 3.83. The SMILES string of the molecule is NC1C2=CC23C1CN3c1cc(Cl)ncn1. The molecule has 3 aliphatic rings. The van der Waals surface area contributed by atoms with Crippen LogP contribution in [-0.2, 0) is 0 Å². The van der Waals surface area contributed by atoms with Gasteiger partial charge in [-0.15, -0.1) is 0 Å². The molecule has 76 valence electrons. The molecule has 4 nitrogen and oxygen atoms in total. The van der Waals surface area contributed by atoms with Gasteiger partial charge in [0.15, 0.2) is 0 Å². The first kappa shape index (κ1) is 8.07. The Hall–Kier alpha value is -1.13. The van der Waals surface area contributed by atoms with Gasteiger partial charge in [-0.3, -0.25) is 0 Å². The van der Waals surface area contributed by atoms with E-state index in [4.69, 9.17) is 17.3 Å². The number of halogens is 1. The summed E-state index contributed by atoms with van der Waals surface area (Å²) in [7, 11) is 0. The van der Waals surface area contributed by atoms with E-state index >= 15 is 0 Å². The second-order valence-electron chi connectivity index (χ2n) is 4.37. The van der Waals surface area contributed by atoms with Gasteiger partial charge in [-0.1, -0.05) is 17.7 Å². The highest BCUT2D eigenvalue weighted by atomic mass is 35.5. The van der Waals surface area contributed by atoms with Crippen LogP contribution in [0.15, 0.2) is 24.0 Å². The quantitative estimate of drug-likeness (QED) is 0.556. The van der Waals surface area contributed by atoms with Gasteiger partial charge in [0.1, 0.15) is 17.3 Å². The highest BCUT2D eigenvalue weighted by Gasteiger charge is 2.74. The predicted octanol–water partition coefficient (Wildman–Crippen LogP) is 0.586. The van der Waals surface area contributed by atoms with Crippen molar-refractivity contribution >= 4 is 17.4 Å². The van der Waals surface area contributed by atoms with E-state index in [1.54, 1.807) is 6.07 Å². The number of aromatic nitrogens is 2. The molecular formula is C10H9ClN4. The van der Waals surface area contributed by atoms with E-state index in [-0.39, 0.29) is 5.54 Å². The number of nitrogens with two attached hydrogens (primary N) is 1. The van der Waals surface area contributed by atoms with Crippen LogP contribution in [0.25, 0.3) is 0 Å². The molecule has 0 bridgehead atoms. The van der Waals surface area contributed by atoms with Crippen molar-refractivity contribution in [3.05, 3.63) is 29.2 Å². The lowest BCUT2D eigenvalue weighted by molar-refractivity contribution is 0.189. The van der Waals surface area contributed by atoms with Gasteiger partial charge in [0, 0.05) is 24.6 Å². The van der Waals surface area contributed by atoms with Crippen LogP contribution >= 0.6 is 11.6 Å². The van der Waals surface area contributed by atoms with Crippen molar-refractivity contribution in [3.8, 4) is 0 Å². The molecule has 0 radical (unpaired) electrons. The summed E-state index contributed by atoms with van der Waals surface area (Å²) in [5.41, 5.74) is 7.49. The van der Waals surface area contributed by atoms with Crippen molar-refractivity contribution in [1.29, 1.82) is 0 Å². The summed E-state index contributed by atoms with van der Waals surface area (Å²) in [5, 5.41) is 0.491. The van der Waals surface area contributed by atoms with Gasteiger partial charge < -0.3 is 10.6 Å². The highest BCUT2D eigenvalue weighted by molar-refractivity contribution is 6.29. The maximum Gasteiger partial charge on any atom is 0.134 e. The summed E-state index contributed by atoms with van der Waals surface area (Å²) in [6.07, 6.45) is 3.75. The standard InChI is InChI=1S/C10H9ClN4/c11-7-1-8(14-4-13-7)15-3-6-9(12)5-2-10(5,6)15/h1-2,4,6,9H,3,12H2. The van der Waals surface area contributed by atoms with E-state index < -0.39 is 0 Å². The Morgan fingerprint density at radius 1 is 1.53 bits per heavy atom. The molecular weight excluding hydrogens is 212 g/mol. The van der Waals surface area contributed by atoms with Gasteiger partial charge in [-0.05, 0) is 5.57 Å². The van der Waals surface area contributed by atoms with Crippen molar-refractivity contribution in [2.24, 2.45) is 11.7 Å². The fourth-order valence-electron chi connectivity index (χ4n) is 2.96. The summed E-state index contributed by atoms with van der Waals surface area (Å²) < 4.78 is 0. The summed E-state index contributed by atoms with van der Waals surface area (Å²) in [4.78, 5) is 10.4. The lowest BCUT2D eigenvalue weighted by atomic mass is 9.65. The summed E-state index contributed by atoms with van der Waals surface area (Å²) >= 11 is 5.84. The highest BCUT2D eigenvalue weighted by Crippen LogP contribution is 2.66. The average Bonchev–Trinajstić information content (AvgIpc) is 2.91. The smallest absolute Gasteiger partial charge is 0.134 e. The molecule has 2 fully saturated rings. The predicted molar refractivity (Wildman–Crippen MR) is 56.7 cm³/mol. The van der Waals surface area contributed by atoms with Gasteiger partial charge in [0.25, 0.3) is 0 Å². The molecule has 0 amide bonds. The maximum absolute atomic E-state index is 5.96. The van der Waals surface area contributed by atoms with E-state index in [0.29, 0.717) is 17.1 Å². The molecule has 1 aromatic rings. The Morgan fingerprint density at radius 3 is 3.07 bits per heavy atom. The zero-order valence-electron chi connectivity index (χ0n) is 7.89. The van der Waals surface area contributed by atoms with Gasteiger partial charge >= 0.3 is 0 Å². The van der Waals surface area contributed by atoms with E-state index in [2.05, 4.69) is 20.9 Å². The van der Waals surface area contributed by atoms with Crippen molar-refractivity contribution < 1.29 is 0 Å². The third kappa shape index (κ3) is 0.723. The molecule has 15 heavy (non-hydrogen) atoms. The van der Waals surface area contributed by atoms with E-state index in [9.17, 15) is 0 Å². The van der Waals surface area contributed by atoms with Crippen molar-refractivity contribution in [1.82, 2.24) is 9.97 Å². The first-order valence-electron chi connectivity index (χ1n) is 4.97. The molecule has 2 heterocycles. The Morgan fingerprint density at radius 2 is 2.40 bits per heavy atom. The van der Waals surface area contributed by atoms with Gasteiger partial charge in [-0.25, -0.2) is 9.97 Å². The molecule has 1 spiro atoms. The number of piperidine rings is 1. The molecule has 5 heteroatoms. The summed E-state index contributed by atoms with van der Waals surface area (Å²) in [5.74, 6) is 1.51. The van der Waals surface area contributed by atoms with Crippen molar-refractivity contribution in [2.75, 3.05) is 11.4 Å². The number of rotatable bonds is 1. The molecule has 3 atom stereocenters. The van der Waals surface area contributed by atoms with Gasteiger partial charge in [0.05, 0.1) is 5.54 Å². The molecule has 2 N–H and O–H groups in total. The number of nitrogens with zero attached hydrogens (tertiary/aromatic N) is 3. The molecule has 1 saturated carbocycles. The van der Waals surface area contributed by atoms with E-state index in [0.717, 1.165) is 12.4 Å². The molecule has 0 aromatic carbocycles. The Balaban J connectivity index is 1.68. The lowest BCUT2D eigenvalue weighted by Crippen LogP contribution is -2.74. The first-order chi connectivity index (χ1) is 7.23. The van der Waals surface area contributed by atoms with Crippen molar-refractivity contribution in [3.63, 3.8) is 0 Å². The average molecular weight is 221 g/mol. The molecule has 1 saturated heterocycles. The Bertz CT molecular complexity index is 500. The topological polar surface area (TPSA) is 55.0 Å². The zero-order valence-corrected chi connectivity index (χ0v) is 8.65. The second kappa shape index (κ2) is 2.18. The summed E-state index contributed by atoms with van der Waals surface area (Å²) in [6.45, 7) is 0.981. The fraction of sp³-hybridized carbons (Fsp3) is 0.400. The van der Waals surface area contributed by atoms with Crippen LogP contribution in [0.2, 0.25) is 5.15 Å². The fourth-order valence-corrected chi connectivity index (χ4v) is 3.10. The molecule has 3 unspecified atom stereocenters. The lowest BCUT2D eigenvalue weighted by Gasteiger charge is -2.60. The Kier molecular flexibility index (Phi) is 1.17. The maximum atomic E-state index is 5.96. The minimum atomic E-state index is 0.164. The van der Waals surface area contributed by atoms with E-state index in [1.807, 2.05) is 0 Å². The largest absolute Gasteiger partial charge is 0.343 e. The van der Waals surface area contributed by atoms with Gasteiger partial charge in [0.2, 0.25) is 0 Å². The molecule has 1 aromatic heterocycles. The zero-order chi connectivity index (χ0) is 10.2. The third-order valence-corrected chi connectivity index (χ3v) is 4.04. The minimum Gasteiger partial charge on any atom is -0.343 e. The van der Waals surface area contributed by atoms with Crippen molar-refractivity contribution in [2.45, 2.75) is 11.6 Å². The number of hydrogen-bond donors (Lipinski definition) is 1. The normalized spacial score (nSPS) is 39.6. The van der Waals surface area contributed by atoms with Crippen LogP contribution in [0.4, 0.5) is 5.82 Å². The van der Waals surface area contributed by atoms with Crippen LogP contribution in [0.5, 0.6) is 0 Å². The molecule has 4 rings (SSSR count).